The second kappa shape index (κ2) is 11.3. The highest BCUT2D eigenvalue weighted by Crippen LogP contribution is 2.10. The van der Waals surface area contributed by atoms with Crippen LogP contribution in [-0.2, 0) is 4.79 Å². The first kappa shape index (κ1) is 18.8. The van der Waals surface area contributed by atoms with Gasteiger partial charge in [-0.05, 0) is 24.1 Å². The van der Waals surface area contributed by atoms with Crippen LogP contribution in [0.3, 0.4) is 0 Å². The molecule has 1 rings (SSSR count). The summed E-state index contributed by atoms with van der Waals surface area (Å²) in [5.41, 5.74) is 3.21. The zero-order chi connectivity index (χ0) is 16.9. The second-order valence-electron chi connectivity index (χ2n) is 5.51. The van der Waals surface area contributed by atoms with Crippen molar-refractivity contribution >= 4 is 17.8 Å². The molecule has 0 radical (unpaired) electrons. The topological polar surface area (TPSA) is 84.6 Å². The molecule has 0 unspecified atom stereocenters. The number of nitrogens with one attached hydrogen (secondary N) is 1. The largest absolute Gasteiger partial charge is 0.273 e. The van der Waals surface area contributed by atoms with Gasteiger partial charge in [-0.1, -0.05) is 45.4 Å². The number of non-ortho nitro benzene ring substituents is 1. The van der Waals surface area contributed by atoms with E-state index in [1.807, 2.05) is 0 Å². The number of amides is 1. The predicted octanol–water partition coefficient (Wildman–Crippen LogP) is 4.19. The third kappa shape index (κ3) is 8.70. The van der Waals surface area contributed by atoms with Gasteiger partial charge < -0.3 is 0 Å². The monoisotopic (exact) mass is 319 g/mol. The lowest BCUT2D eigenvalue weighted by molar-refractivity contribution is -0.384. The van der Waals surface area contributed by atoms with E-state index in [-0.39, 0.29) is 11.6 Å². The van der Waals surface area contributed by atoms with E-state index in [9.17, 15) is 14.9 Å². The highest BCUT2D eigenvalue weighted by molar-refractivity contribution is 5.82. The Morgan fingerprint density at radius 2 is 1.74 bits per heavy atom. The van der Waals surface area contributed by atoms with E-state index >= 15 is 0 Å². The zero-order valence-electron chi connectivity index (χ0n) is 13.7. The van der Waals surface area contributed by atoms with Crippen molar-refractivity contribution in [3.8, 4) is 0 Å². The summed E-state index contributed by atoms with van der Waals surface area (Å²) >= 11 is 0. The number of carbonyl (C=O) groups is 1. The van der Waals surface area contributed by atoms with Crippen LogP contribution in [0.5, 0.6) is 0 Å². The molecule has 0 bridgehead atoms. The number of hydrogen-bond acceptors (Lipinski definition) is 4. The number of nitro groups is 1. The van der Waals surface area contributed by atoms with Crippen LogP contribution in [-0.4, -0.2) is 17.0 Å². The molecule has 0 aliphatic heterocycles. The van der Waals surface area contributed by atoms with E-state index in [0.29, 0.717) is 12.0 Å². The quantitative estimate of drug-likeness (QED) is 0.287. The fourth-order valence-corrected chi connectivity index (χ4v) is 2.16. The van der Waals surface area contributed by atoms with Gasteiger partial charge >= 0.3 is 0 Å². The zero-order valence-corrected chi connectivity index (χ0v) is 13.7. The summed E-state index contributed by atoms with van der Waals surface area (Å²) in [5.74, 6) is -0.100. The van der Waals surface area contributed by atoms with Gasteiger partial charge in [-0.15, -0.1) is 0 Å². The molecule has 126 valence electrons. The molecule has 0 aliphatic rings. The molecule has 1 aromatic rings. The Balaban J connectivity index is 2.16. The summed E-state index contributed by atoms with van der Waals surface area (Å²) in [7, 11) is 0. The molecule has 1 aromatic carbocycles. The molecule has 0 aromatic heterocycles. The van der Waals surface area contributed by atoms with Gasteiger partial charge in [0.15, 0.2) is 0 Å². The molecule has 0 saturated heterocycles. The summed E-state index contributed by atoms with van der Waals surface area (Å²) in [6.45, 7) is 2.20. The first-order valence-electron chi connectivity index (χ1n) is 8.20. The molecule has 0 heterocycles. The fourth-order valence-electron chi connectivity index (χ4n) is 2.16. The van der Waals surface area contributed by atoms with E-state index in [1.165, 1.54) is 50.5 Å². The number of hydrazone groups is 1. The van der Waals surface area contributed by atoms with Crippen LogP contribution in [0.15, 0.2) is 29.4 Å². The Bertz CT molecular complexity index is 512. The summed E-state index contributed by atoms with van der Waals surface area (Å²) in [6, 6.07) is 5.98. The Labute approximate surface area is 137 Å². The maximum Gasteiger partial charge on any atom is 0.269 e. The van der Waals surface area contributed by atoms with Crippen molar-refractivity contribution < 1.29 is 9.72 Å². The van der Waals surface area contributed by atoms with Crippen LogP contribution in [0, 0.1) is 10.1 Å². The Hall–Kier alpha value is -2.24. The molecule has 0 spiro atoms. The van der Waals surface area contributed by atoms with E-state index in [2.05, 4.69) is 17.5 Å². The molecule has 0 aliphatic carbocycles. The van der Waals surface area contributed by atoms with Crippen molar-refractivity contribution in [1.82, 2.24) is 5.43 Å². The number of unbranched alkanes of at least 4 members (excludes halogenated alkanes) is 6. The number of rotatable bonds is 11. The normalized spacial score (nSPS) is 10.8. The van der Waals surface area contributed by atoms with Gasteiger partial charge in [0.05, 0.1) is 11.1 Å². The average Bonchev–Trinajstić information content (AvgIpc) is 2.54. The van der Waals surface area contributed by atoms with Crippen LogP contribution in [0.4, 0.5) is 5.69 Å². The first-order valence-corrected chi connectivity index (χ1v) is 8.20. The fraction of sp³-hybridized carbons (Fsp3) is 0.529. The van der Waals surface area contributed by atoms with Gasteiger partial charge in [0.25, 0.3) is 5.69 Å². The van der Waals surface area contributed by atoms with Crippen LogP contribution < -0.4 is 5.43 Å². The Morgan fingerprint density at radius 1 is 1.13 bits per heavy atom. The van der Waals surface area contributed by atoms with Crippen molar-refractivity contribution in [3.63, 3.8) is 0 Å². The summed E-state index contributed by atoms with van der Waals surface area (Å²) < 4.78 is 0. The molecule has 6 heteroatoms. The molecule has 6 nitrogen and oxygen atoms in total. The van der Waals surface area contributed by atoms with E-state index < -0.39 is 4.92 Å². The molecule has 0 saturated carbocycles. The van der Waals surface area contributed by atoms with Crippen LogP contribution in [0.25, 0.3) is 0 Å². The smallest absolute Gasteiger partial charge is 0.269 e. The van der Waals surface area contributed by atoms with Gasteiger partial charge in [0, 0.05) is 18.6 Å². The highest BCUT2D eigenvalue weighted by atomic mass is 16.6. The van der Waals surface area contributed by atoms with Gasteiger partial charge in [-0.2, -0.15) is 5.10 Å². The molecular formula is C17H25N3O3. The number of carbonyl (C=O) groups excluding carboxylic acids is 1. The third-order valence-electron chi connectivity index (χ3n) is 3.51. The minimum Gasteiger partial charge on any atom is -0.273 e. The summed E-state index contributed by atoms with van der Waals surface area (Å²) in [4.78, 5) is 21.7. The first-order chi connectivity index (χ1) is 11.1. The SMILES string of the molecule is CCCCCCCCCC(=O)NN=Cc1ccc([N+](=O)[O-])cc1. The van der Waals surface area contributed by atoms with Crippen LogP contribution >= 0.6 is 0 Å². The molecule has 0 fully saturated rings. The van der Waals surface area contributed by atoms with Crippen LogP contribution in [0.2, 0.25) is 0 Å². The van der Waals surface area contributed by atoms with Crippen molar-refractivity contribution in [3.05, 3.63) is 39.9 Å². The Kier molecular flexibility index (Phi) is 9.28. The maximum atomic E-state index is 11.6. The van der Waals surface area contributed by atoms with Gasteiger partial charge in [0.2, 0.25) is 5.91 Å². The van der Waals surface area contributed by atoms with Crippen molar-refractivity contribution in [2.45, 2.75) is 58.3 Å². The standard InChI is InChI=1S/C17H25N3O3/c1-2-3-4-5-6-7-8-9-17(21)19-18-14-15-10-12-16(13-11-15)20(22)23/h10-14H,2-9H2,1H3,(H,19,21). The number of nitrogens with zero attached hydrogens (tertiary/aromatic N) is 2. The maximum absolute atomic E-state index is 11.6. The minimum atomic E-state index is -0.453. The van der Waals surface area contributed by atoms with Crippen molar-refractivity contribution in [2.24, 2.45) is 5.10 Å². The van der Waals surface area contributed by atoms with Gasteiger partial charge in [0.1, 0.15) is 0 Å². The lowest BCUT2D eigenvalue weighted by atomic mass is 10.1. The van der Waals surface area contributed by atoms with E-state index in [0.717, 1.165) is 12.8 Å². The van der Waals surface area contributed by atoms with E-state index in [1.54, 1.807) is 12.1 Å². The van der Waals surface area contributed by atoms with E-state index in [4.69, 9.17) is 0 Å². The van der Waals surface area contributed by atoms with Crippen molar-refractivity contribution in [1.29, 1.82) is 0 Å². The van der Waals surface area contributed by atoms with Crippen molar-refractivity contribution in [2.75, 3.05) is 0 Å². The molecule has 1 N–H and O–H groups in total. The molecular weight excluding hydrogens is 294 g/mol. The average molecular weight is 319 g/mol. The number of nitro benzene ring substituents is 1. The summed E-state index contributed by atoms with van der Waals surface area (Å²) in [5, 5.41) is 14.4. The van der Waals surface area contributed by atoms with Gasteiger partial charge in [-0.3, -0.25) is 14.9 Å². The minimum absolute atomic E-state index is 0.0325. The third-order valence-corrected chi connectivity index (χ3v) is 3.51. The number of hydrogen-bond donors (Lipinski definition) is 1. The predicted molar refractivity (Wildman–Crippen MR) is 91.4 cm³/mol. The van der Waals surface area contributed by atoms with Gasteiger partial charge in [-0.25, -0.2) is 5.43 Å². The lowest BCUT2D eigenvalue weighted by Crippen LogP contribution is -2.16. The highest BCUT2D eigenvalue weighted by Gasteiger charge is 2.03. The number of benzene rings is 1. The lowest BCUT2D eigenvalue weighted by Gasteiger charge is -2.01. The molecule has 23 heavy (non-hydrogen) atoms. The Morgan fingerprint density at radius 3 is 2.35 bits per heavy atom. The van der Waals surface area contributed by atoms with Crippen LogP contribution in [0.1, 0.15) is 63.9 Å². The molecule has 1 amide bonds. The second-order valence-corrected chi connectivity index (χ2v) is 5.51. The summed E-state index contributed by atoms with van der Waals surface area (Å²) in [6.07, 6.45) is 10.1. The molecule has 0 atom stereocenters.